The lowest BCUT2D eigenvalue weighted by atomic mass is 10.2. The van der Waals surface area contributed by atoms with Crippen LogP contribution in [0.2, 0.25) is 5.02 Å². The first-order valence-corrected chi connectivity index (χ1v) is 8.69. The van der Waals surface area contributed by atoms with Crippen molar-refractivity contribution in [1.29, 1.82) is 0 Å². The van der Waals surface area contributed by atoms with Crippen molar-refractivity contribution in [1.82, 2.24) is 0 Å². The summed E-state index contributed by atoms with van der Waals surface area (Å²) in [5.74, 6) is 1.45. The van der Waals surface area contributed by atoms with Crippen molar-refractivity contribution in [2.75, 3.05) is 19.8 Å². The van der Waals surface area contributed by atoms with Gasteiger partial charge in [0.05, 0.1) is 11.6 Å². The zero-order valence-corrected chi connectivity index (χ0v) is 15.1. The van der Waals surface area contributed by atoms with E-state index in [-0.39, 0.29) is 6.61 Å². The predicted molar refractivity (Wildman–Crippen MR) is 98.9 cm³/mol. The third-order valence-corrected chi connectivity index (χ3v) is 3.92. The van der Waals surface area contributed by atoms with E-state index in [0.29, 0.717) is 36.3 Å². The maximum absolute atomic E-state index is 11.9. The summed E-state index contributed by atoms with van der Waals surface area (Å²) in [6.45, 7) is 3.59. The second kappa shape index (κ2) is 8.63. The molecule has 2 aromatic carbocycles. The number of esters is 1. The Morgan fingerprint density at radius 1 is 1.19 bits per heavy atom. The standard InChI is InChI=1S/C20H19ClO5/c1-2-23-16-6-3-14(4-7-16)5-8-19(22)26-13-15-11-17(21)20-18(12-15)24-9-10-25-20/h3-8,11-12H,2,9-10,13H2,1H3/b8-5+. The minimum Gasteiger partial charge on any atom is -0.494 e. The van der Waals surface area contributed by atoms with Crippen LogP contribution in [0, 0.1) is 0 Å². The Labute approximate surface area is 157 Å². The van der Waals surface area contributed by atoms with Crippen molar-refractivity contribution < 1.29 is 23.7 Å². The molecular formula is C20H19ClO5. The normalized spacial score (nSPS) is 12.8. The van der Waals surface area contributed by atoms with Gasteiger partial charge in [-0.15, -0.1) is 0 Å². The summed E-state index contributed by atoms with van der Waals surface area (Å²) in [5, 5.41) is 0.443. The molecule has 0 bridgehead atoms. The van der Waals surface area contributed by atoms with Crippen molar-refractivity contribution in [2.45, 2.75) is 13.5 Å². The summed E-state index contributed by atoms with van der Waals surface area (Å²) < 4.78 is 21.6. The third kappa shape index (κ3) is 4.70. The van der Waals surface area contributed by atoms with Gasteiger partial charge in [0.1, 0.15) is 25.6 Å². The lowest BCUT2D eigenvalue weighted by Gasteiger charge is -2.20. The van der Waals surface area contributed by atoms with Crippen LogP contribution in [0.25, 0.3) is 6.08 Å². The van der Waals surface area contributed by atoms with Crippen LogP contribution in [0.3, 0.4) is 0 Å². The highest BCUT2D eigenvalue weighted by Gasteiger charge is 2.17. The van der Waals surface area contributed by atoms with E-state index in [9.17, 15) is 4.79 Å². The fourth-order valence-electron chi connectivity index (χ4n) is 2.46. The highest BCUT2D eigenvalue weighted by molar-refractivity contribution is 6.32. The Kier molecular flexibility index (Phi) is 6.02. The molecule has 5 nitrogen and oxygen atoms in total. The predicted octanol–water partition coefficient (Wildman–Crippen LogP) is 4.27. The molecule has 1 heterocycles. The molecule has 0 amide bonds. The summed E-state index contributed by atoms with van der Waals surface area (Å²) in [5.41, 5.74) is 1.62. The number of carbonyl (C=O) groups excluding carboxylic acids is 1. The van der Waals surface area contributed by atoms with Gasteiger partial charge < -0.3 is 18.9 Å². The SMILES string of the molecule is CCOc1ccc(/C=C/C(=O)OCc2cc(Cl)c3c(c2)OCCO3)cc1. The average Bonchev–Trinajstić information content (AvgIpc) is 2.66. The molecular weight excluding hydrogens is 356 g/mol. The molecule has 0 unspecified atom stereocenters. The molecule has 6 heteroatoms. The van der Waals surface area contributed by atoms with Crippen LogP contribution in [0.1, 0.15) is 18.1 Å². The minimum absolute atomic E-state index is 0.100. The summed E-state index contributed by atoms with van der Waals surface area (Å²) in [4.78, 5) is 11.9. The van der Waals surface area contributed by atoms with Crippen molar-refractivity contribution >= 4 is 23.6 Å². The lowest BCUT2D eigenvalue weighted by Crippen LogP contribution is -2.16. The van der Waals surface area contributed by atoms with Gasteiger partial charge in [0.25, 0.3) is 0 Å². The Morgan fingerprint density at radius 3 is 2.73 bits per heavy atom. The highest BCUT2D eigenvalue weighted by atomic mass is 35.5. The summed E-state index contributed by atoms with van der Waals surface area (Å²) >= 11 is 6.17. The zero-order chi connectivity index (χ0) is 18.4. The van der Waals surface area contributed by atoms with Crippen LogP contribution in [0.15, 0.2) is 42.5 Å². The van der Waals surface area contributed by atoms with Gasteiger partial charge in [0.15, 0.2) is 11.5 Å². The van der Waals surface area contributed by atoms with E-state index >= 15 is 0 Å². The van der Waals surface area contributed by atoms with E-state index in [0.717, 1.165) is 16.9 Å². The van der Waals surface area contributed by atoms with Crippen molar-refractivity contribution in [3.05, 3.63) is 58.6 Å². The molecule has 26 heavy (non-hydrogen) atoms. The number of halogens is 1. The number of benzene rings is 2. The summed E-state index contributed by atoms with van der Waals surface area (Å²) in [7, 11) is 0. The quantitative estimate of drug-likeness (QED) is 0.558. The molecule has 0 aliphatic carbocycles. The van der Waals surface area contributed by atoms with Crippen LogP contribution in [-0.2, 0) is 16.1 Å². The fraction of sp³-hybridized carbons (Fsp3) is 0.250. The van der Waals surface area contributed by atoms with E-state index in [4.69, 9.17) is 30.5 Å². The van der Waals surface area contributed by atoms with Gasteiger partial charge in [-0.25, -0.2) is 4.79 Å². The topological polar surface area (TPSA) is 54.0 Å². The molecule has 0 saturated heterocycles. The zero-order valence-electron chi connectivity index (χ0n) is 14.4. The molecule has 0 spiro atoms. The Balaban J connectivity index is 1.56. The largest absolute Gasteiger partial charge is 0.494 e. The van der Waals surface area contributed by atoms with E-state index in [1.807, 2.05) is 31.2 Å². The van der Waals surface area contributed by atoms with Gasteiger partial charge >= 0.3 is 5.97 Å². The number of carbonyl (C=O) groups is 1. The molecule has 0 radical (unpaired) electrons. The molecule has 1 aliphatic rings. The molecule has 0 saturated carbocycles. The molecule has 0 N–H and O–H groups in total. The maximum atomic E-state index is 11.9. The van der Waals surface area contributed by atoms with Gasteiger partial charge in [0, 0.05) is 6.08 Å². The van der Waals surface area contributed by atoms with E-state index in [1.54, 1.807) is 18.2 Å². The van der Waals surface area contributed by atoms with Gasteiger partial charge in [-0.05, 0) is 48.4 Å². The van der Waals surface area contributed by atoms with E-state index < -0.39 is 5.97 Å². The van der Waals surface area contributed by atoms with Crippen LogP contribution in [-0.4, -0.2) is 25.8 Å². The van der Waals surface area contributed by atoms with Crippen LogP contribution < -0.4 is 14.2 Å². The van der Waals surface area contributed by atoms with E-state index in [1.165, 1.54) is 6.08 Å². The monoisotopic (exact) mass is 374 g/mol. The number of fused-ring (bicyclic) bond motifs is 1. The maximum Gasteiger partial charge on any atom is 0.331 e. The lowest BCUT2D eigenvalue weighted by molar-refractivity contribution is -0.138. The molecule has 0 aromatic heterocycles. The van der Waals surface area contributed by atoms with E-state index in [2.05, 4.69) is 0 Å². The Morgan fingerprint density at radius 2 is 1.96 bits per heavy atom. The minimum atomic E-state index is -0.440. The molecule has 1 aliphatic heterocycles. The first-order chi connectivity index (χ1) is 12.7. The second-order valence-corrected chi connectivity index (χ2v) is 5.95. The average molecular weight is 375 g/mol. The first-order valence-electron chi connectivity index (χ1n) is 8.31. The second-order valence-electron chi connectivity index (χ2n) is 5.54. The van der Waals surface area contributed by atoms with Crippen molar-refractivity contribution in [3.63, 3.8) is 0 Å². The first kappa shape index (κ1) is 18.1. The van der Waals surface area contributed by atoms with Crippen LogP contribution in [0.4, 0.5) is 0 Å². The molecule has 0 atom stereocenters. The molecule has 136 valence electrons. The van der Waals surface area contributed by atoms with Gasteiger partial charge in [-0.2, -0.15) is 0 Å². The number of hydrogen-bond acceptors (Lipinski definition) is 5. The van der Waals surface area contributed by atoms with Gasteiger partial charge in [-0.1, -0.05) is 23.7 Å². The van der Waals surface area contributed by atoms with Gasteiger partial charge in [-0.3, -0.25) is 0 Å². The Hall–Kier alpha value is -2.66. The van der Waals surface area contributed by atoms with Crippen LogP contribution in [0.5, 0.6) is 17.2 Å². The Bertz CT molecular complexity index is 799. The number of rotatable bonds is 6. The number of hydrogen-bond donors (Lipinski definition) is 0. The highest BCUT2D eigenvalue weighted by Crippen LogP contribution is 2.38. The third-order valence-electron chi connectivity index (χ3n) is 3.64. The fourth-order valence-corrected chi connectivity index (χ4v) is 2.74. The molecule has 3 rings (SSSR count). The van der Waals surface area contributed by atoms with Gasteiger partial charge in [0.2, 0.25) is 0 Å². The summed E-state index contributed by atoms with van der Waals surface area (Å²) in [6, 6.07) is 10.9. The molecule has 2 aromatic rings. The molecule has 0 fully saturated rings. The smallest absolute Gasteiger partial charge is 0.331 e. The van der Waals surface area contributed by atoms with Crippen molar-refractivity contribution in [2.24, 2.45) is 0 Å². The van der Waals surface area contributed by atoms with Crippen LogP contribution >= 0.6 is 11.6 Å². The number of ether oxygens (including phenoxy) is 4. The van der Waals surface area contributed by atoms with Crippen molar-refractivity contribution in [3.8, 4) is 17.2 Å². The summed E-state index contributed by atoms with van der Waals surface area (Å²) in [6.07, 6.45) is 3.07.